The molecule has 0 fully saturated rings. The molecule has 0 bridgehead atoms. The number of carbonyl (C=O) groups is 4. The minimum atomic E-state index is -0.500. The molecule has 3 aromatic carbocycles. The van der Waals surface area contributed by atoms with Crippen LogP contribution in [0.4, 0.5) is 10.8 Å². The number of rotatable bonds is 5. The predicted molar refractivity (Wildman–Crippen MR) is 125 cm³/mol. The molecule has 7 nitrogen and oxygen atoms in total. The lowest BCUT2D eigenvalue weighted by Gasteiger charge is -2.23. The van der Waals surface area contributed by atoms with Crippen molar-refractivity contribution in [1.82, 2.24) is 9.88 Å². The number of nitrogens with zero attached hydrogens (tertiary/aromatic N) is 3. The minimum Gasteiger partial charge on any atom is -0.295 e. The van der Waals surface area contributed by atoms with Gasteiger partial charge in [0.2, 0.25) is 0 Å². The summed E-state index contributed by atoms with van der Waals surface area (Å²) in [7, 11) is 0. The number of fused-ring (bicyclic) bond motifs is 2. The van der Waals surface area contributed by atoms with E-state index in [2.05, 4.69) is 4.98 Å². The number of benzene rings is 3. The van der Waals surface area contributed by atoms with E-state index in [1.165, 1.54) is 23.2 Å². The molecule has 2 heterocycles. The third-order valence-corrected chi connectivity index (χ3v) is 6.45. The first-order valence-corrected chi connectivity index (χ1v) is 11.0. The van der Waals surface area contributed by atoms with Crippen molar-refractivity contribution in [1.29, 1.82) is 0 Å². The van der Waals surface area contributed by atoms with Crippen LogP contribution < -0.4 is 4.90 Å². The maximum Gasteiger partial charge on any atom is 0.262 e. The number of thiazole rings is 1. The van der Waals surface area contributed by atoms with E-state index in [0.717, 1.165) is 15.1 Å². The number of carbonyl (C=O) groups excluding carboxylic acids is 4. The van der Waals surface area contributed by atoms with Crippen molar-refractivity contribution in [2.24, 2.45) is 0 Å². The molecule has 4 aromatic rings. The summed E-state index contributed by atoms with van der Waals surface area (Å²) in [6.07, 6.45) is 0. The molecule has 33 heavy (non-hydrogen) atoms. The minimum absolute atomic E-state index is 0.0922. The van der Waals surface area contributed by atoms with Gasteiger partial charge in [0.25, 0.3) is 17.7 Å². The first-order chi connectivity index (χ1) is 15.9. The summed E-state index contributed by atoms with van der Waals surface area (Å²) >= 11 is 1.32. The second-order valence-electron chi connectivity index (χ2n) is 7.54. The number of anilines is 2. The molecule has 8 heteroatoms. The SMILES string of the molecule is CC(=O)c1ccc(N(C(=O)CN2C(=O)c3ccccc3C2=O)c2nc3ccccc3s2)cc1. The highest BCUT2D eigenvalue weighted by atomic mass is 32.1. The lowest BCUT2D eigenvalue weighted by molar-refractivity contribution is -0.118. The quantitative estimate of drug-likeness (QED) is 0.328. The van der Waals surface area contributed by atoms with E-state index < -0.39 is 24.3 Å². The Morgan fingerprint density at radius 1 is 0.879 bits per heavy atom. The lowest BCUT2D eigenvalue weighted by atomic mass is 10.1. The summed E-state index contributed by atoms with van der Waals surface area (Å²) in [5, 5.41) is 0.411. The number of ketones is 1. The molecular weight excluding hydrogens is 438 g/mol. The maximum absolute atomic E-state index is 13.5. The van der Waals surface area contributed by atoms with E-state index >= 15 is 0 Å². The molecule has 5 rings (SSSR count). The van der Waals surface area contributed by atoms with E-state index in [-0.39, 0.29) is 16.9 Å². The summed E-state index contributed by atoms with van der Waals surface area (Å²) in [6.45, 7) is 1.03. The van der Waals surface area contributed by atoms with E-state index in [9.17, 15) is 19.2 Å². The van der Waals surface area contributed by atoms with Gasteiger partial charge in [-0.3, -0.25) is 29.0 Å². The van der Waals surface area contributed by atoms with Crippen molar-refractivity contribution in [2.45, 2.75) is 6.92 Å². The van der Waals surface area contributed by atoms with Gasteiger partial charge in [-0.1, -0.05) is 35.6 Å². The van der Waals surface area contributed by atoms with Crippen LogP contribution in [0.15, 0.2) is 72.8 Å². The monoisotopic (exact) mass is 455 g/mol. The average Bonchev–Trinajstić information content (AvgIpc) is 3.34. The molecule has 0 N–H and O–H groups in total. The van der Waals surface area contributed by atoms with Crippen LogP contribution in [0.2, 0.25) is 0 Å². The smallest absolute Gasteiger partial charge is 0.262 e. The van der Waals surface area contributed by atoms with Gasteiger partial charge >= 0.3 is 0 Å². The molecular formula is C25H17N3O4S. The zero-order valence-corrected chi connectivity index (χ0v) is 18.3. The van der Waals surface area contributed by atoms with Crippen LogP contribution in [0.1, 0.15) is 38.0 Å². The molecule has 0 radical (unpaired) electrons. The molecule has 0 unspecified atom stereocenters. The van der Waals surface area contributed by atoms with Gasteiger partial charge in [-0.05, 0) is 55.5 Å². The van der Waals surface area contributed by atoms with Gasteiger partial charge in [-0.15, -0.1) is 0 Å². The van der Waals surface area contributed by atoms with Gasteiger partial charge < -0.3 is 0 Å². The molecule has 3 amide bonds. The van der Waals surface area contributed by atoms with Crippen LogP contribution in [-0.2, 0) is 4.79 Å². The van der Waals surface area contributed by atoms with Crippen LogP contribution in [0.3, 0.4) is 0 Å². The highest BCUT2D eigenvalue weighted by molar-refractivity contribution is 7.22. The van der Waals surface area contributed by atoms with Crippen molar-refractivity contribution in [3.63, 3.8) is 0 Å². The third-order valence-electron chi connectivity index (χ3n) is 5.43. The standard InChI is InChI=1S/C25H17N3O4S/c1-15(29)16-10-12-17(13-11-16)28(25-26-20-8-4-5-9-21(20)33-25)22(30)14-27-23(31)18-6-2-3-7-19(18)24(27)32/h2-13H,14H2,1H3. The first-order valence-electron chi connectivity index (χ1n) is 10.2. The van der Waals surface area contributed by atoms with Crippen molar-refractivity contribution >= 4 is 55.9 Å². The number of hydrogen-bond acceptors (Lipinski definition) is 6. The topological polar surface area (TPSA) is 87.7 Å². The molecule has 0 saturated heterocycles. The van der Waals surface area contributed by atoms with Crippen molar-refractivity contribution < 1.29 is 19.2 Å². The van der Waals surface area contributed by atoms with Crippen LogP contribution in [0.25, 0.3) is 10.2 Å². The number of Topliss-reactive ketones (excluding diaryl/α,β-unsaturated/α-hetero) is 1. The highest BCUT2D eigenvalue weighted by Crippen LogP contribution is 2.34. The van der Waals surface area contributed by atoms with Crippen LogP contribution in [0.5, 0.6) is 0 Å². The van der Waals surface area contributed by atoms with E-state index in [4.69, 9.17) is 0 Å². The second kappa shape index (κ2) is 8.07. The fraction of sp³-hybridized carbons (Fsp3) is 0.0800. The number of hydrogen-bond donors (Lipinski definition) is 0. The highest BCUT2D eigenvalue weighted by Gasteiger charge is 2.37. The molecule has 0 spiro atoms. The Kier molecular flexibility index (Phi) is 5.07. The number of imide groups is 1. The Labute approximate surface area is 192 Å². The largest absolute Gasteiger partial charge is 0.295 e. The lowest BCUT2D eigenvalue weighted by Crippen LogP contribution is -2.41. The Hall–Kier alpha value is -4.17. The fourth-order valence-electron chi connectivity index (χ4n) is 3.75. The number of aromatic nitrogens is 1. The molecule has 162 valence electrons. The maximum atomic E-state index is 13.5. The zero-order valence-electron chi connectivity index (χ0n) is 17.5. The van der Waals surface area contributed by atoms with Gasteiger partial charge in [0, 0.05) is 5.56 Å². The molecule has 0 atom stereocenters. The van der Waals surface area contributed by atoms with Gasteiger partial charge in [0.1, 0.15) is 6.54 Å². The fourth-order valence-corrected chi connectivity index (χ4v) is 4.75. The summed E-state index contributed by atoms with van der Waals surface area (Å²) in [5.74, 6) is -1.58. The van der Waals surface area contributed by atoms with Gasteiger partial charge in [0.15, 0.2) is 10.9 Å². The first kappa shape index (κ1) is 20.7. The summed E-state index contributed by atoms with van der Waals surface area (Å²) in [4.78, 5) is 57.7. The Morgan fingerprint density at radius 2 is 1.48 bits per heavy atom. The van der Waals surface area contributed by atoms with Gasteiger partial charge in [-0.2, -0.15) is 0 Å². The summed E-state index contributed by atoms with van der Waals surface area (Å²) in [6, 6.07) is 20.6. The average molecular weight is 455 g/mol. The van der Waals surface area contributed by atoms with Gasteiger partial charge in [0.05, 0.1) is 27.0 Å². The Bertz CT molecular complexity index is 1370. The number of amides is 3. The van der Waals surface area contributed by atoms with E-state index in [1.54, 1.807) is 48.5 Å². The van der Waals surface area contributed by atoms with Gasteiger partial charge in [-0.25, -0.2) is 4.98 Å². The number of para-hydroxylation sites is 1. The Balaban J connectivity index is 1.53. The van der Waals surface area contributed by atoms with Crippen molar-refractivity contribution in [3.05, 3.63) is 89.5 Å². The van der Waals surface area contributed by atoms with Crippen molar-refractivity contribution in [3.8, 4) is 0 Å². The second-order valence-corrected chi connectivity index (χ2v) is 8.55. The van der Waals surface area contributed by atoms with Crippen LogP contribution in [0, 0.1) is 0 Å². The van der Waals surface area contributed by atoms with E-state index in [0.29, 0.717) is 16.4 Å². The normalized spacial score (nSPS) is 12.8. The van der Waals surface area contributed by atoms with Crippen molar-refractivity contribution in [2.75, 3.05) is 11.4 Å². The van der Waals surface area contributed by atoms with Crippen LogP contribution >= 0.6 is 11.3 Å². The molecule has 1 aliphatic heterocycles. The molecule has 1 aromatic heterocycles. The molecule has 0 aliphatic carbocycles. The predicted octanol–water partition coefficient (Wildman–Crippen LogP) is 4.46. The zero-order chi connectivity index (χ0) is 23.1. The Morgan fingerprint density at radius 3 is 2.09 bits per heavy atom. The summed E-state index contributed by atoms with van der Waals surface area (Å²) < 4.78 is 0.895. The molecule has 0 saturated carbocycles. The molecule has 1 aliphatic rings. The summed E-state index contributed by atoms with van der Waals surface area (Å²) in [5.41, 5.74) is 2.30. The van der Waals surface area contributed by atoms with Crippen LogP contribution in [-0.4, -0.2) is 39.9 Å². The third kappa shape index (κ3) is 3.60. The van der Waals surface area contributed by atoms with E-state index in [1.807, 2.05) is 24.3 Å².